The van der Waals surface area contributed by atoms with Crippen LogP contribution in [0.1, 0.15) is 23.7 Å². The zero-order chi connectivity index (χ0) is 13.7. The van der Waals surface area contributed by atoms with Crippen LogP contribution in [-0.4, -0.2) is 29.3 Å². The molecule has 0 bridgehead atoms. The minimum absolute atomic E-state index is 0.199. The third-order valence-electron chi connectivity index (χ3n) is 2.47. The van der Waals surface area contributed by atoms with Crippen molar-refractivity contribution in [3.8, 4) is 0 Å². The Balaban J connectivity index is 2.87. The highest BCUT2D eigenvalue weighted by Crippen LogP contribution is 2.23. The van der Waals surface area contributed by atoms with E-state index in [-0.39, 0.29) is 18.0 Å². The van der Waals surface area contributed by atoms with Crippen molar-refractivity contribution in [1.82, 2.24) is 0 Å². The predicted molar refractivity (Wildman–Crippen MR) is 66.6 cm³/mol. The smallest absolute Gasteiger partial charge is 0.337 e. The number of aliphatic carboxylic acids is 1. The number of thiol groups is 1. The number of methoxy groups -OCH3 is 1. The fourth-order valence-electron chi connectivity index (χ4n) is 1.46. The number of carboxylic acids is 1. The topological polar surface area (TPSA) is 83.8 Å². The first-order valence-electron chi connectivity index (χ1n) is 5.25. The molecular formula is C12H14O5S. The zero-order valence-corrected chi connectivity index (χ0v) is 10.7. The maximum absolute atomic E-state index is 11.0. The van der Waals surface area contributed by atoms with Gasteiger partial charge in [-0.25, -0.2) is 4.79 Å². The summed E-state index contributed by atoms with van der Waals surface area (Å²) in [6, 6.07) is 4.85. The molecule has 0 aliphatic rings. The van der Waals surface area contributed by atoms with Crippen LogP contribution < -0.4 is 0 Å². The summed E-state index contributed by atoms with van der Waals surface area (Å²) in [5, 5.41) is 18.2. The zero-order valence-electron chi connectivity index (χ0n) is 9.79. The van der Waals surface area contributed by atoms with Gasteiger partial charge in [-0.05, 0) is 18.1 Å². The van der Waals surface area contributed by atoms with Crippen LogP contribution in [0.25, 0.3) is 0 Å². The van der Waals surface area contributed by atoms with E-state index in [0.29, 0.717) is 11.3 Å². The van der Waals surface area contributed by atoms with Crippen molar-refractivity contribution < 1.29 is 24.5 Å². The second-order valence-corrected chi connectivity index (χ2v) is 4.19. The van der Waals surface area contributed by atoms with Crippen LogP contribution in [0.15, 0.2) is 23.1 Å². The van der Waals surface area contributed by atoms with E-state index >= 15 is 0 Å². The Morgan fingerprint density at radius 2 is 2.11 bits per heavy atom. The Morgan fingerprint density at radius 3 is 2.67 bits per heavy atom. The Morgan fingerprint density at radius 1 is 1.44 bits per heavy atom. The Hall–Kier alpha value is -1.53. The van der Waals surface area contributed by atoms with E-state index in [1.54, 1.807) is 12.1 Å². The van der Waals surface area contributed by atoms with E-state index in [1.165, 1.54) is 13.2 Å². The molecule has 1 unspecified atom stereocenters. The molecule has 0 saturated carbocycles. The summed E-state index contributed by atoms with van der Waals surface area (Å²) in [6.07, 6.45) is -0.999. The average Bonchev–Trinajstić information content (AvgIpc) is 2.36. The van der Waals surface area contributed by atoms with Gasteiger partial charge in [0.1, 0.15) is 0 Å². The number of ether oxygens (including phenoxy) is 1. The van der Waals surface area contributed by atoms with Crippen LogP contribution in [0.3, 0.4) is 0 Å². The van der Waals surface area contributed by atoms with E-state index in [1.807, 2.05) is 0 Å². The van der Waals surface area contributed by atoms with E-state index in [9.17, 15) is 14.7 Å². The molecule has 0 aliphatic carbocycles. The van der Waals surface area contributed by atoms with E-state index in [2.05, 4.69) is 17.4 Å². The fourth-order valence-corrected chi connectivity index (χ4v) is 1.72. The molecule has 0 heterocycles. The molecule has 1 atom stereocenters. The minimum Gasteiger partial charge on any atom is -0.479 e. The van der Waals surface area contributed by atoms with Crippen molar-refractivity contribution in [2.45, 2.75) is 23.8 Å². The molecule has 0 amide bonds. The van der Waals surface area contributed by atoms with Crippen LogP contribution in [0.2, 0.25) is 0 Å². The van der Waals surface area contributed by atoms with Crippen molar-refractivity contribution in [2.75, 3.05) is 7.11 Å². The first kappa shape index (κ1) is 14.5. The Labute approximate surface area is 110 Å². The van der Waals surface area contributed by atoms with Crippen LogP contribution in [0.4, 0.5) is 0 Å². The van der Waals surface area contributed by atoms with Gasteiger partial charge in [-0.1, -0.05) is 12.1 Å². The SMILES string of the molecule is COC(=O)CCc1ccc(S)c(C(O)C(=O)O)c1. The van der Waals surface area contributed by atoms with E-state index < -0.39 is 12.1 Å². The molecule has 18 heavy (non-hydrogen) atoms. The van der Waals surface area contributed by atoms with Gasteiger partial charge in [-0.2, -0.15) is 0 Å². The lowest BCUT2D eigenvalue weighted by Gasteiger charge is -2.11. The maximum Gasteiger partial charge on any atom is 0.337 e. The summed E-state index contributed by atoms with van der Waals surface area (Å²) in [5.41, 5.74) is 0.960. The lowest BCUT2D eigenvalue weighted by Crippen LogP contribution is -2.11. The van der Waals surface area contributed by atoms with Gasteiger partial charge in [0.25, 0.3) is 0 Å². The molecule has 1 aromatic carbocycles. The molecule has 1 aromatic rings. The average molecular weight is 270 g/mol. The monoisotopic (exact) mass is 270 g/mol. The quantitative estimate of drug-likeness (QED) is 0.553. The maximum atomic E-state index is 11.0. The second kappa shape index (κ2) is 6.42. The number of carbonyl (C=O) groups excluding carboxylic acids is 1. The van der Waals surface area contributed by atoms with Gasteiger partial charge in [0.05, 0.1) is 7.11 Å². The summed E-state index contributed by atoms with van der Waals surface area (Å²) in [7, 11) is 1.30. The number of aliphatic hydroxyl groups excluding tert-OH is 1. The molecule has 0 radical (unpaired) electrons. The number of carboxylic acid groups (broad SMARTS) is 1. The fraction of sp³-hybridized carbons (Fsp3) is 0.333. The van der Waals surface area contributed by atoms with Gasteiger partial charge in [0, 0.05) is 16.9 Å². The number of aliphatic hydroxyl groups is 1. The van der Waals surface area contributed by atoms with Crippen molar-refractivity contribution >= 4 is 24.6 Å². The normalized spacial score (nSPS) is 11.9. The Kier molecular flexibility index (Phi) is 5.18. The number of esters is 1. The molecule has 1 rings (SSSR count). The van der Waals surface area contributed by atoms with Crippen molar-refractivity contribution in [2.24, 2.45) is 0 Å². The van der Waals surface area contributed by atoms with Crippen LogP contribution in [0.5, 0.6) is 0 Å². The third kappa shape index (κ3) is 3.75. The molecule has 0 saturated heterocycles. The van der Waals surface area contributed by atoms with Crippen molar-refractivity contribution in [1.29, 1.82) is 0 Å². The molecular weight excluding hydrogens is 256 g/mol. The summed E-state index contributed by atoms with van der Waals surface area (Å²) in [6.45, 7) is 0. The predicted octanol–water partition coefficient (Wildman–Crippen LogP) is 1.20. The van der Waals surface area contributed by atoms with Crippen LogP contribution in [-0.2, 0) is 20.7 Å². The van der Waals surface area contributed by atoms with Gasteiger partial charge in [0.2, 0.25) is 0 Å². The van der Waals surface area contributed by atoms with Gasteiger partial charge < -0.3 is 14.9 Å². The molecule has 5 nitrogen and oxygen atoms in total. The molecule has 6 heteroatoms. The molecule has 0 spiro atoms. The van der Waals surface area contributed by atoms with Crippen molar-refractivity contribution in [3.05, 3.63) is 29.3 Å². The number of aryl methyl sites for hydroxylation is 1. The minimum atomic E-state index is -1.62. The summed E-state index contributed by atoms with van der Waals surface area (Å²) in [5.74, 6) is -1.68. The summed E-state index contributed by atoms with van der Waals surface area (Å²) >= 11 is 4.09. The first-order chi connectivity index (χ1) is 8.45. The largest absolute Gasteiger partial charge is 0.479 e. The first-order valence-corrected chi connectivity index (χ1v) is 5.70. The summed E-state index contributed by atoms with van der Waals surface area (Å²) < 4.78 is 4.51. The summed E-state index contributed by atoms with van der Waals surface area (Å²) in [4.78, 5) is 22.1. The van der Waals surface area contributed by atoms with Gasteiger partial charge in [-0.3, -0.25) is 4.79 Å². The van der Waals surface area contributed by atoms with Gasteiger partial charge in [-0.15, -0.1) is 12.6 Å². The standard InChI is InChI=1S/C12H14O5S/c1-17-10(13)5-3-7-2-4-9(18)8(6-7)11(14)12(15)16/h2,4,6,11,14,18H,3,5H2,1H3,(H,15,16). The van der Waals surface area contributed by atoms with Gasteiger partial charge in [0.15, 0.2) is 6.10 Å². The lowest BCUT2D eigenvalue weighted by molar-refractivity contribution is -0.147. The highest BCUT2D eigenvalue weighted by atomic mass is 32.1. The van der Waals surface area contributed by atoms with Crippen molar-refractivity contribution in [3.63, 3.8) is 0 Å². The van der Waals surface area contributed by atoms with Crippen LogP contribution in [0, 0.1) is 0 Å². The number of benzene rings is 1. The molecule has 0 aromatic heterocycles. The van der Waals surface area contributed by atoms with E-state index in [0.717, 1.165) is 5.56 Å². The number of hydrogen-bond donors (Lipinski definition) is 3. The molecule has 98 valence electrons. The van der Waals surface area contributed by atoms with Crippen LogP contribution >= 0.6 is 12.6 Å². The highest BCUT2D eigenvalue weighted by Gasteiger charge is 2.18. The Bertz CT molecular complexity index is 458. The molecule has 0 fully saturated rings. The number of hydrogen-bond acceptors (Lipinski definition) is 5. The molecule has 0 aliphatic heterocycles. The number of carbonyl (C=O) groups is 2. The van der Waals surface area contributed by atoms with E-state index in [4.69, 9.17) is 5.11 Å². The molecule has 2 N–H and O–H groups in total. The second-order valence-electron chi connectivity index (χ2n) is 3.71. The lowest BCUT2D eigenvalue weighted by atomic mass is 10.0. The number of rotatable bonds is 5. The third-order valence-corrected chi connectivity index (χ3v) is 2.87. The van der Waals surface area contributed by atoms with Gasteiger partial charge >= 0.3 is 11.9 Å². The highest BCUT2D eigenvalue weighted by molar-refractivity contribution is 7.80.